The fraction of sp³-hybridized carbons (Fsp3) is 0.0370. The molecule has 0 spiro atoms. The Morgan fingerprint density at radius 2 is 1.61 bits per heavy atom. The van der Waals surface area contributed by atoms with Gasteiger partial charge in [0.25, 0.3) is 0 Å². The number of para-hydroxylation sites is 1. The number of hydrogen-bond acceptors (Lipinski definition) is 3. The van der Waals surface area contributed by atoms with Crippen molar-refractivity contribution in [1.29, 1.82) is 0 Å². The van der Waals surface area contributed by atoms with E-state index in [4.69, 9.17) is 4.98 Å². The maximum Gasteiger partial charge on any atom is 0.0893 e. The van der Waals surface area contributed by atoms with Crippen LogP contribution in [0.4, 0.5) is 0 Å². The van der Waals surface area contributed by atoms with Gasteiger partial charge < -0.3 is 4.57 Å². The van der Waals surface area contributed by atoms with Crippen LogP contribution >= 0.6 is 11.3 Å². The van der Waals surface area contributed by atoms with Crippen molar-refractivity contribution in [1.82, 2.24) is 14.5 Å². The number of thiophene rings is 1. The number of fused-ring (bicyclic) bond motifs is 3. The monoisotopic (exact) mass is 417 g/mol. The highest BCUT2D eigenvalue weighted by molar-refractivity contribution is 7.15. The van der Waals surface area contributed by atoms with Crippen molar-refractivity contribution in [3.05, 3.63) is 102 Å². The van der Waals surface area contributed by atoms with Crippen LogP contribution in [0, 0.1) is 6.92 Å². The smallest absolute Gasteiger partial charge is 0.0893 e. The van der Waals surface area contributed by atoms with Gasteiger partial charge in [-0.25, -0.2) is 0 Å². The van der Waals surface area contributed by atoms with Crippen LogP contribution in [0.25, 0.3) is 49.3 Å². The molecule has 0 bridgehead atoms. The average molecular weight is 418 g/mol. The minimum absolute atomic E-state index is 0.885. The SMILES string of the molecule is Cc1ccc(-c2cccc(-n3c4ccccc4c4cc(-c5ccccn5)ncc43)c2)s1. The Hall–Kier alpha value is -3.76. The van der Waals surface area contributed by atoms with Gasteiger partial charge in [0.1, 0.15) is 0 Å². The first-order valence-electron chi connectivity index (χ1n) is 10.3. The Labute approximate surface area is 184 Å². The molecule has 0 atom stereocenters. The maximum atomic E-state index is 4.76. The van der Waals surface area contributed by atoms with Crippen LogP contribution in [0.15, 0.2) is 97.3 Å². The molecule has 0 aliphatic carbocycles. The first-order chi connectivity index (χ1) is 15.3. The van der Waals surface area contributed by atoms with E-state index in [1.807, 2.05) is 41.9 Å². The van der Waals surface area contributed by atoms with Crippen LogP contribution < -0.4 is 0 Å². The third-order valence-electron chi connectivity index (χ3n) is 5.62. The number of hydrogen-bond donors (Lipinski definition) is 0. The van der Waals surface area contributed by atoms with E-state index in [2.05, 4.69) is 83.2 Å². The number of nitrogens with zero attached hydrogens (tertiary/aromatic N) is 3. The number of aryl methyl sites for hydroxylation is 1. The normalized spacial score (nSPS) is 11.4. The molecule has 4 heterocycles. The summed E-state index contributed by atoms with van der Waals surface area (Å²) in [5.74, 6) is 0. The van der Waals surface area contributed by atoms with Gasteiger partial charge in [0.2, 0.25) is 0 Å². The first kappa shape index (κ1) is 18.0. The summed E-state index contributed by atoms with van der Waals surface area (Å²) >= 11 is 1.83. The summed E-state index contributed by atoms with van der Waals surface area (Å²) in [6, 6.07) is 29.8. The van der Waals surface area contributed by atoms with E-state index in [9.17, 15) is 0 Å². The third kappa shape index (κ3) is 3.04. The van der Waals surface area contributed by atoms with E-state index in [-0.39, 0.29) is 0 Å². The minimum atomic E-state index is 0.885. The highest BCUT2D eigenvalue weighted by Crippen LogP contribution is 2.35. The van der Waals surface area contributed by atoms with Gasteiger partial charge >= 0.3 is 0 Å². The van der Waals surface area contributed by atoms with Crippen LogP contribution in [-0.2, 0) is 0 Å². The van der Waals surface area contributed by atoms with Crippen molar-refractivity contribution in [2.45, 2.75) is 6.92 Å². The van der Waals surface area contributed by atoms with Gasteiger partial charge in [-0.1, -0.05) is 36.4 Å². The Bertz CT molecular complexity index is 1540. The number of benzene rings is 2. The van der Waals surface area contributed by atoms with Gasteiger partial charge in [-0.2, -0.15) is 0 Å². The molecule has 0 fully saturated rings. The third-order valence-corrected chi connectivity index (χ3v) is 6.67. The minimum Gasteiger partial charge on any atom is -0.308 e. The van der Waals surface area contributed by atoms with Gasteiger partial charge in [-0.05, 0) is 61.0 Å². The lowest BCUT2D eigenvalue weighted by molar-refractivity contribution is 1.16. The predicted octanol–water partition coefficient (Wildman–Crippen LogP) is 7.28. The largest absolute Gasteiger partial charge is 0.308 e. The fourth-order valence-electron chi connectivity index (χ4n) is 4.19. The fourth-order valence-corrected chi connectivity index (χ4v) is 5.05. The van der Waals surface area contributed by atoms with E-state index < -0.39 is 0 Å². The molecule has 31 heavy (non-hydrogen) atoms. The molecule has 0 aliphatic heterocycles. The molecule has 0 saturated heterocycles. The average Bonchev–Trinajstić information content (AvgIpc) is 3.41. The first-order valence-corrected chi connectivity index (χ1v) is 11.1. The van der Waals surface area contributed by atoms with Crippen molar-refractivity contribution >= 4 is 33.1 Å². The molecule has 0 N–H and O–H groups in total. The molecule has 0 unspecified atom stereocenters. The van der Waals surface area contributed by atoms with E-state index >= 15 is 0 Å². The number of aromatic nitrogens is 3. The Morgan fingerprint density at radius 3 is 2.45 bits per heavy atom. The molecule has 2 aromatic carbocycles. The molecule has 3 nitrogen and oxygen atoms in total. The highest BCUT2D eigenvalue weighted by atomic mass is 32.1. The number of pyridine rings is 2. The van der Waals surface area contributed by atoms with Crippen LogP contribution in [0.1, 0.15) is 4.88 Å². The molecule has 0 radical (unpaired) electrons. The Kier molecular flexibility index (Phi) is 4.18. The lowest BCUT2D eigenvalue weighted by atomic mass is 10.1. The van der Waals surface area contributed by atoms with Crippen molar-refractivity contribution in [2.24, 2.45) is 0 Å². The van der Waals surface area contributed by atoms with E-state index in [1.165, 1.54) is 31.6 Å². The summed E-state index contributed by atoms with van der Waals surface area (Å²) < 4.78 is 2.31. The van der Waals surface area contributed by atoms with Gasteiger partial charge in [0.15, 0.2) is 0 Å². The van der Waals surface area contributed by atoms with E-state index in [0.717, 1.165) is 22.6 Å². The van der Waals surface area contributed by atoms with Crippen molar-refractivity contribution in [2.75, 3.05) is 0 Å². The molecule has 0 saturated carbocycles. The molecule has 6 rings (SSSR count). The molecular formula is C27H19N3S. The van der Waals surface area contributed by atoms with Crippen molar-refractivity contribution in [3.8, 4) is 27.5 Å². The zero-order valence-corrected chi connectivity index (χ0v) is 17.8. The quantitative estimate of drug-likeness (QED) is 0.303. The summed E-state index contributed by atoms with van der Waals surface area (Å²) in [6.07, 6.45) is 3.78. The van der Waals surface area contributed by atoms with Gasteiger partial charge in [0, 0.05) is 32.4 Å². The van der Waals surface area contributed by atoms with Gasteiger partial charge in [0.05, 0.1) is 28.6 Å². The zero-order valence-electron chi connectivity index (χ0n) is 17.0. The lowest BCUT2D eigenvalue weighted by Crippen LogP contribution is -1.95. The molecule has 6 aromatic rings. The molecule has 148 valence electrons. The van der Waals surface area contributed by atoms with Crippen LogP contribution in [-0.4, -0.2) is 14.5 Å². The topological polar surface area (TPSA) is 30.7 Å². The number of rotatable bonds is 3. The zero-order chi connectivity index (χ0) is 20.8. The maximum absolute atomic E-state index is 4.76. The second kappa shape index (κ2) is 7.18. The lowest BCUT2D eigenvalue weighted by Gasteiger charge is -2.09. The van der Waals surface area contributed by atoms with Crippen LogP contribution in [0.2, 0.25) is 0 Å². The summed E-state index contributed by atoms with van der Waals surface area (Å²) in [4.78, 5) is 11.9. The molecular weight excluding hydrogens is 398 g/mol. The Morgan fingerprint density at radius 1 is 0.710 bits per heavy atom. The summed E-state index contributed by atoms with van der Waals surface area (Å²) in [7, 11) is 0. The van der Waals surface area contributed by atoms with E-state index in [0.29, 0.717) is 0 Å². The summed E-state index contributed by atoms with van der Waals surface area (Å²) in [6.45, 7) is 2.15. The molecule has 4 aromatic heterocycles. The summed E-state index contributed by atoms with van der Waals surface area (Å²) in [5.41, 5.74) is 6.43. The van der Waals surface area contributed by atoms with Gasteiger partial charge in [-0.15, -0.1) is 11.3 Å². The van der Waals surface area contributed by atoms with Crippen molar-refractivity contribution < 1.29 is 0 Å². The summed E-state index contributed by atoms with van der Waals surface area (Å²) in [5, 5.41) is 2.40. The molecule has 0 aliphatic rings. The van der Waals surface area contributed by atoms with E-state index in [1.54, 1.807) is 0 Å². The van der Waals surface area contributed by atoms with Crippen molar-refractivity contribution in [3.63, 3.8) is 0 Å². The van der Waals surface area contributed by atoms with Crippen LogP contribution in [0.3, 0.4) is 0 Å². The molecule has 4 heteroatoms. The second-order valence-electron chi connectivity index (χ2n) is 7.61. The van der Waals surface area contributed by atoms with Gasteiger partial charge in [-0.3, -0.25) is 9.97 Å². The standard InChI is InChI=1S/C27H19N3S/c1-18-12-13-27(31-18)19-7-6-8-20(15-19)30-25-11-3-2-9-21(25)22-16-24(29-17-26(22)30)23-10-4-5-14-28-23/h2-17H,1H3. The predicted molar refractivity (Wildman–Crippen MR) is 130 cm³/mol. The van der Waals surface area contributed by atoms with Crippen LogP contribution in [0.5, 0.6) is 0 Å². The Balaban J connectivity index is 1.60. The molecule has 0 amide bonds. The second-order valence-corrected chi connectivity index (χ2v) is 8.90. The highest BCUT2D eigenvalue weighted by Gasteiger charge is 2.14.